The maximum absolute atomic E-state index is 7.05. The van der Waals surface area contributed by atoms with E-state index in [9.17, 15) is 0 Å². The third-order valence-electron chi connectivity index (χ3n) is 5.76. The van der Waals surface area contributed by atoms with Crippen LogP contribution in [0.4, 0.5) is 0 Å². The average molecular weight is 383 g/mol. The lowest BCUT2D eigenvalue weighted by Gasteiger charge is -2.43. The molecule has 3 nitrogen and oxygen atoms in total. The van der Waals surface area contributed by atoms with Gasteiger partial charge in [-0.05, 0) is 41.0 Å². The number of hydrogen-bond acceptors (Lipinski definition) is 3. The number of hydrogen-bond donors (Lipinski definition) is 2. The standard InChI is InChI=1S/C23H34N2OSi/c1-23(2,3)22(17-14-15-20(24)21(25)16-17)26-27(18-10-6-4-7-11-18)19-12-8-5-9-13-19/h4-13,17,20-22,27H,14-16,24-25H2,1-3H3. The maximum Gasteiger partial charge on any atom is 0.240 e. The Kier molecular flexibility index (Phi) is 6.53. The number of benzene rings is 2. The van der Waals surface area contributed by atoms with Crippen molar-refractivity contribution in [2.45, 2.75) is 58.2 Å². The lowest BCUT2D eigenvalue weighted by Crippen LogP contribution is -2.54. The summed E-state index contributed by atoms with van der Waals surface area (Å²) >= 11 is 0. The highest BCUT2D eigenvalue weighted by Crippen LogP contribution is 2.36. The van der Waals surface area contributed by atoms with Gasteiger partial charge in [-0.2, -0.15) is 0 Å². The molecular formula is C23H34N2OSi. The topological polar surface area (TPSA) is 61.3 Å². The predicted octanol–water partition coefficient (Wildman–Crippen LogP) is 2.41. The van der Waals surface area contributed by atoms with Crippen LogP contribution < -0.4 is 21.8 Å². The molecule has 0 amide bonds. The summed E-state index contributed by atoms with van der Waals surface area (Å²) in [5.41, 5.74) is 12.6. The first kappa shape index (κ1) is 20.3. The fourth-order valence-corrected chi connectivity index (χ4v) is 7.08. The van der Waals surface area contributed by atoms with Gasteiger partial charge in [-0.15, -0.1) is 0 Å². The first-order valence-electron chi connectivity index (χ1n) is 10.1. The minimum Gasteiger partial charge on any atom is -0.407 e. The molecule has 0 heterocycles. The van der Waals surface area contributed by atoms with Gasteiger partial charge in [0, 0.05) is 12.1 Å². The van der Waals surface area contributed by atoms with Crippen molar-refractivity contribution < 1.29 is 4.43 Å². The van der Waals surface area contributed by atoms with Crippen molar-refractivity contribution in [3.05, 3.63) is 60.7 Å². The molecule has 27 heavy (non-hydrogen) atoms. The lowest BCUT2D eigenvalue weighted by molar-refractivity contribution is 0.0144. The quantitative estimate of drug-likeness (QED) is 0.781. The van der Waals surface area contributed by atoms with Crippen molar-refractivity contribution in [2.24, 2.45) is 22.8 Å². The van der Waals surface area contributed by atoms with E-state index in [1.165, 1.54) is 10.4 Å². The van der Waals surface area contributed by atoms with E-state index in [1.54, 1.807) is 0 Å². The van der Waals surface area contributed by atoms with Crippen LogP contribution >= 0.6 is 0 Å². The fraction of sp³-hybridized carbons (Fsp3) is 0.478. The Morgan fingerprint density at radius 1 is 0.852 bits per heavy atom. The molecule has 2 aromatic carbocycles. The summed E-state index contributed by atoms with van der Waals surface area (Å²) in [7, 11) is -1.79. The van der Waals surface area contributed by atoms with Crippen molar-refractivity contribution in [3.8, 4) is 0 Å². The monoisotopic (exact) mass is 382 g/mol. The zero-order chi connectivity index (χ0) is 19.4. The van der Waals surface area contributed by atoms with Gasteiger partial charge in [-0.1, -0.05) is 81.4 Å². The summed E-state index contributed by atoms with van der Waals surface area (Å²) < 4.78 is 7.05. The van der Waals surface area contributed by atoms with Gasteiger partial charge < -0.3 is 15.9 Å². The van der Waals surface area contributed by atoms with Crippen molar-refractivity contribution >= 4 is 19.4 Å². The van der Waals surface area contributed by atoms with Gasteiger partial charge in [0.05, 0.1) is 6.10 Å². The Morgan fingerprint density at radius 3 is 1.81 bits per heavy atom. The molecule has 4 heteroatoms. The summed E-state index contributed by atoms with van der Waals surface area (Å²) in [5, 5.41) is 2.66. The number of rotatable bonds is 5. The Bertz CT molecular complexity index is 662. The van der Waals surface area contributed by atoms with Gasteiger partial charge in [0.1, 0.15) is 0 Å². The SMILES string of the molecule is CC(C)(C)C(O[SiH](c1ccccc1)c1ccccc1)C1CCC(N)C(N)C1. The zero-order valence-electron chi connectivity index (χ0n) is 16.8. The van der Waals surface area contributed by atoms with Gasteiger partial charge in [0.2, 0.25) is 9.04 Å². The van der Waals surface area contributed by atoms with E-state index < -0.39 is 9.04 Å². The molecule has 4 unspecified atom stereocenters. The molecule has 0 aromatic heterocycles. The minimum atomic E-state index is -1.79. The molecule has 1 saturated carbocycles. The van der Waals surface area contributed by atoms with Crippen molar-refractivity contribution in [2.75, 3.05) is 0 Å². The summed E-state index contributed by atoms with van der Waals surface area (Å²) in [6.07, 6.45) is 3.22. The van der Waals surface area contributed by atoms with E-state index in [4.69, 9.17) is 15.9 Å². The normalized spacial score (nSPS) is 24.7. The highest BCUT2D eigenvalue weighted by molar-refractivity contribution is 6.80. The molecule has 0 bridgehead atoms. The first-order valence-corrected chi connectivity index (χ1v) is 11.8. The van der Waals surface area contributed by atoms with Crippen molar-refractivity contribution in [3.63, 3.8) is 0 Å². The van der Waals surface area contributed by atoms with Gasteiger partial charge >= 0.3 is 0 Å². The molecule has 146 valence electrons. The fourth-order valence-electron chi connectivity index (χ4n) is 4.31. The van der Waals surface area contributed by atoms with Crippen LogP contribution in [-0.2, 0) is 4.43 Å². The molecule has 0 saturated heterocycles. The van der Waals surface area contributed by atoms with Gasteiger partial charge in [-0.25, -0.2) is 0 Å². The van der Waals surface area contributed by atoms with E-state index in [2.05, 4.69) is 81.4 Å². The second-order valence-corrected chi connectivity index (χ2v) is 11.4. The predicted molar refractivity (Wildman–Crippen MR) is 117 cm³/mol. The molecule has 1 aliphatic carbocycles. The van der Waals surface area contributed by atoms with Crippen LogP contribution in [0.1, 0.15) is 40.0 Å². The smallest absolute Gasteiger partial charge is 0.240 e. The molecule has 2 aromatic rings. The summed E-state index contributed by atoms with van der Waals surface area (Å²) in [5.74, 6) is 0.460. The van der Waals surface area contributed by atoms with Crippen LogP contribution in [0.15, 0.2) is 60.7 Å². The lowest BCUT2D eigenvalue weighted by atomic mass is 9.72. The molecular weight excluding hydrogens is 348 g/mol. The third-order valence-corrected chi connectivity index (χ3v) is 8.31. The van der Waals surface area contributed by atoms with Crippen LogP contribution in [0.5, 0.6) is 0 Å². The van der Waals surface area contributed by atoms with Gasteiger partial charge in [0.15, 0.2) is 0 Å². The molecule has 0 radical (unpaired) electrons. The summed E-state index contributed by atoms with van der Waals surface area (Å²) in [6, 6.07) is 21.7. The molecule has 4 atom stereocenters. The second-order valence-electron chi connectivity index (χ2n) is 9.02. The van der Waals surface area contributed by atoms with Crippen LogP contribution in [0.2, 0.25) is 0 Å². The first-order chi connectivity index (χ1) is 12.9. The third kappa shape index (κ3) is 5.08. The van der Waals surface area contributed by atoms with Crippen LogP contribution in [0.3, 0.4) is 0 Å². The average Bonchev–Trinajstić information content (AvgIpc) is 2.65. The van der Waals surface area contributed by atoms with E-state index in [0.29, 0.717) is 5.92 Å². The molecule has 1 fully saturated rings. The zero-order valence-corrected chi connectivity index (χ0v) is 18.0. The number of nitrogens with two attached hydrogens (primary N) is 2. The van der Waals surface area contributed by atoms with E-state index in [0.717, 1.165) is 19.3 Å². The summed E-state index contributed by atoms with van der Waals surface area (Å²) in [6.45, 7) is 6.87. The van der Waals surface area contributed by atoms with E-state index >= 15 is 0 Å². The van der Waals surface area contributed by atoms with E-state index in [1.807, 2.05) is 0 Å². The van der Waals surface area contributed by atoms with Crippen LogP contribution in [-0.4, -0.2) is 27.2 Å². The maximum atomic E-state index is 7.05. The van der Waals surface area contributed by atoms with Crippen molar-refractivity contribution in [1.82, 2.24) is 0 Å². The van der Waals surface area contributed by atoms with E-state index in [-0.39, 0.29) is 23.6 Å². The van der Waals surface area contributed by atoms with Gasteiger partial charge in [0.25, 0.3) is 0 Å². The Hall–Kier alpha value is -1.46. The summed E-state index contributed by atoms with van der Waals surface area (Å²) in [4.78, 5) is 0. The van der Waals surface area contributed by atoms with Crippen LogP contribution in [0, 0.1) is 11.3 Å². The molecule has 3 rings (SSSR count). The van der Waals surface area contributed by atoms with Crippen LogP contribution in [0.25, 0.3) is 0 Å². The molecule has 1 aliphatic rings. The highest BCUT2D eigenvalue weighted by atomic mass is 28.3. The Balaban J connectivity index is 1.91. The molecule has 0 spiro atoms. The molecule has 4 N–H and O–H groups in total. The largest absolute Gasteiger partial charge is 0.407 e. The van der Waals surface area contributed by atoms with Crippen molar-refractivity contribution in [1.29, 1.82) is 0 Å². The highest BCUT2D eigenvalue weighted by Gasteiger charge is 2.39. The molecule has 0 aliphatic heterocycles. The minimum absolute atomic E-state index is 0.0562. The Morgan fingerprint density at radius 2 is 1.37 bits per heavy atom. The Labute approximate surface area is 165 Å². The second kappa shape index (κ2) is 8.70. The van der Waals surface area contributed by atoms with Gasteiger partial charge in [-0.3, -0.25) is 0 Å².